The summed E-state index contributed by atoms with van der Waals surface area (Å²) in [5, 5.41) is 2.81. The molecular formula is C8H14N2O. The van der Waals surface area contributed by atoms with Crippen molar-refractivity contribution in [2.24, 2.45) is 0 Å². The van der Waals surface area contributed by atoms with E-state index in [0.717, 1.165) is 19.6 Å². The van der Waals surface area contributed by atoms with Crippen LogP contribution in [0.25, 0.3) is 0 Å². The maximum Gasteiger partial charge on any atom is 0.237 e. The van der Waals surface area contributed by atoms with Crippen LogP contribution in [0, 0.1) is 0 Å². The quantitative estimate of drug-likeness (QED) is 0.567. The van der Waals surface area contributed by atoms with Gasteiger partial charge in [0.25, 0.3) is 0 Å². The predicted molar refractivity (Wildman–Crippen MR) is 44.2 cm³/mol. The zero-order valence-electron chi connectivity index (χ0n) is 6.84. The Morgan fingerprint density at radius 2 is 2.64 bits per heavy atom. The van der Waals surface area contributed by atoms with Crippen LogP contribution in [-0.4, -0.2) is 36.5 Å². The molecule has 0 radical (unpaired) electrons. The van der Waals surface area contributed by atoms with Crippen LogP contribution >= 0.6 is 0 Å². The number of carbonyl (C=O) groups excluding carboxylic acids is 1. The maximum atomic E-state index is 11.1. The first-order chi connectivity index (χ1) is 5.25. The Balaban J connectivity index is 2.50. The Kier molecular flexibility index (Phi) is 2.65. The van der Waals surface area contributed by atoms with Crippen molar-refractivity contribution >= 4 is 5.91 Å². The van der Waals surface area contributed by atoms with Gasteiger partial charge in [-0.2, -0.15) is 0 Å². The Bertz CT molecular complexity index is 167. The van der Waals surface area contributed by atoms with Crippen LogP contribution in [0.4, 0.5) is 0 Å². The molecule has 0 aromatic heterocycles. The topological polar surface area (TPSA) is 32.3 Å². The Labute approximate surface area is 67.1 Å². The number of hydrogen-bond acceptors (Lipinski definition) is 2. The summed E-state index contributed by atoms with van der Waals surface area (Å²) in [4.78, 5) is 13.2. The third-order valence-corrected chi connectivity index (χ3v) is 1.99. The maximum absolute atomic E-state index is 11.1. The molecular weight excluding hydrogens is 140 g/mol. The predicted octanol–water partition coefficient (Wildman–Crippen LogP) is -0.00730. The molecule has 0 aromatic rings. The van der Waals surface area contributed by atoms with Crippen molar-refractivity contribution in [3.05, 3.63) is 12.7 Å². The Morgan fingerprint density at radius 3 is 3.27 bits per heavy atom. The van der Waals surface area contributed by atoms with E-state index in [4.69, 9.17) is 0 Å². The summed E-state index contributed by atoms with van der Waals surface area (Å²) in [6.45, 7) is 8.05. The number of rotatable bonds is 2. The molecule has 1 amide bonds. The third-order valence-electron chi connectivity index (χ3n) is 1.99. The molecule has 0 bridgehead atoms. The van der Waals surface area contributed by atoms with Gasteiger partial charge in [0.2, 0.25) is 5.91 Å². The Morgan fingerprint density at radius 1 is 1.91 bits per heavy atom. The fraction of sp³-hybridized carbons (Fsp3) is 0.625. The summed E-state index contributed by atoms with van der Waals surface area (Å²) in [6.07, 6.45) is 1.83. The lowest BCUT2D eigenvalue weighted by atomic mass is 10.2. The van der Waals surface area contributed by atoms with Gasteiger partial charge in [-0.15, -0.1) is 6.58 Å². The van der Waals surface area contributed by atoms with Gasteiger partial charge in [-0.3, -0.25) is 9.69 Å². The molecule has 1 heterocycles. The number of piperazine rings is 1. The van der Waals surface area contributed by atoms with Crippen LogP contribution in [0.1, 0.15) is 6.92 Å². The lowest BCUT2D eigenvalue weighted by Crippen LogP contribution is -2.53. The van der Waals surface area contributed by atoms with Gasteiger partial charge < -0.3 is 5.32 Å². The van der Waals surface area contributed by atoms with E-state index < -0.39 is 0 Å². The summed E-state index contributed by atoms with van der Waals surface area (Å²) < 4.78 is 0. The molecule has 1 atom stereocenters. The van der Waals surface area contributed by atoms with E-state index in [9.17, 15) is 4.79 Å². The molecule has 0 saturated carbocycles. The van der Waals surface area contributed by atoms with E-state index in [0.29, 0.717) is 0 Å². The SMILES string of the molecule is C=CCN1CCNC(=O)[C@H]1C. The van der Waals surface area contributed by atoms with Gasteiger partial charge in [0.1, 0.15) is 0 Å². The van der Waals surface area contributed by atoms with E-state index in [1.807, 2.05) is 13.0 Å². The number of nitrogens with one attached hydrogen (secondary N) is 1. The highest BCUT2D eigenvalue weighted by molar-refractivity contribution is 5.81. The first kappa shape index (κ1) is 8.27. The number of carbonyl (C=O) groups is 1. The second kappa shape index (κ2) is 3.53. The van der Waals surface area contributed by atoms with Crippen molar-refractivity contribution in [1.29, 1.82) is 0 Å². The molecule has 0 aliphatic carbocycles. The van der Waals surface area contributed by atoms with Gasteiger partial charge in [0, 0.05) is 19.6 Å². The number of hydrogen-bond donors (Lipinski definition) is 1. The van der Waals surface area contributed by atoms with E-state index in [1.165, 1.54) is 0 Å². The summed E-state index contributed by atoms with van der Waals surface area (Å²) in [7, 11) is 0. The molecule has 62 valence electrons. The summed E-state index contributed by atoms with van der Waals surface area (Å²) >= 11 is 0. The Hall–Kier alpha value is -0.830. The van der Waals surface area contributed by atoms with Crippen LogP contribution in [0.2, 0.25) is 0 Å². The highest BCUT2D eigenvalue weighted by Crippen LogP contribution is 2.02. The minimum Gasteiger partial charge on any atom is -0.353 e. The van der Waals surface area contributed by atoms with Gasteiger partial charge in [0.15, 0.2) is 0 Å². The van der Waals surface area contributed by atoms with Crippen LogP contribution in [-0.2, 0) is 4.79 Å². The van der Waals surface area contributed by atoms with Gasteiger partial charge in [-0.05, 0) is 6.92 Å². The second-order valence-electron chi connectivity index (χ2n) is 2.75. The van der Waals surface area contributed by atoms with Gasteiger partial charge >= 0.3 is 0 Å². The van der Waals surface area contributed by atoms with Crippen LogP contribution in [0.15, 0.2) is 12.7 Å². The van der Waals surface area contributed by atoms with Crippen molar-refractivity contribution in [1.82, 2.24) is 10.2 Å². The first-order valence-corrected chi connectivity index (χ1v) is 3.88. The molecule has 1 aliphatic heterocycles. The highest BCUT2D eigenvalue weighted by Gasteiger charge is 2.23. The van der Waals surface area contributed by atoms with Crippen molar-refractivity contribution in [2.75, 3.05) is 19.6 Å². The van der Waals surface area contributed by atoms with Crippen molar-refractivity contribution in [3.8, 4) is 0 Å². The van der Waals surface area contributed by atoms with Gasteiger partial charge in [0.05, 0.1) is 6.04 Å². The molecule has 1 saturated heterocycles. The second-order valence-corrected chi connectivity index (χ2v) is 2.75. The average Bonchev–Trinajstić information content (AvgIpc) is 1.99. The molecule has 0 aromatic carbocycles. The van der Waals surface area contributed by atoms with Crippen LogP contribution < -0.4 is 5.32 Å². The molecule has 0 unspecified atom stereocenters. The fourth-order valence-corrected chi connectivity index (χ4v) is 1.25. The lowest BCUT2D eigenvalue weighted by molar-refractivity contribution is -0.127. The minimum atomic E-state index is 0.00162. The smallest absolute Gasteiger partial charge is 0.237 e. The lowest BCUT2D eigenvalue weighted by Gasteiger charge is -2.31. The van der Waals surface area contributed by atoms with Crippen molar-refractivity contribution in [2.45, 2.75) is 13.0 Å². The van der Waals surface area contributed by atoms with E-state index in [2.05, 4.69) is 16.8 Å². The minimum absolute atomic E-state index is 0.00162. The molecule has 0 spiro atoms. The largest absolute Gasteiger partial charge is 0.353 e. The summed E-state index contributed by atoms with van der Waals surface area (Å²) in [6, 6.07) is 0.00162. The standard InChI is InChI=1S/C8H14N2O/c1-3-5-10-6-4-9-8(11)7(10)2/h3,7H,1,4-6H2,2H3,(H,9,11)/t7-/m1/s1. The average molecular weight is 154 g/mol. The zero-order valence-corrected chi connectivity index (χ0v) is 6.84. The molecule has 11 heavy (non-hydrogen) atoms. The van der Waals surface area contributed by atoms with Gasteiger partial charge in [-0.25, -0.2) is 0 Å². The van der Waals surface area contributed by atoms with E-state index >= 15 is 0 Å². The highest BCUT2D eigenvalue weighted by atomic mass is 16.2. The van der Waals surface area contributed by atoms with Crippen molar-refractivity contribution in [3.63, 3.8) is 0 Å². The molecule has 3 heteroatoms. The molecule has 1 rings (SSSR count). The monoisotopic (exact) mass is 154 g/mol. The molecule has 1 N–H and O–H groups in total. The zero-order chi connectivity index (χ0) is 8.27. The number of amides is 1. The summed E-state index contributed by atoms with van der Waals surface area (Å²) in [5.74, 6) is 0.123. The van der Waals surface area contributed by atoms with Gasteiger partial charge in [-0.1, -0.05) is 6.08 Å². The van der Waals surface area contributed by atoms with E-state index in [-0.39, 0.29) is 11.9 Å². The first-order valence-electron chi connectivity index (χ1n) is 3.88. The van der Waals surface area contributed by atoms with Crippen molar-refractivity contribution < 1.29 is 4.79 Å². The van der Waals surface area contributed by atoms with Crippen LogP contribution in [0.3, 0.4) is 0 Å². The number of nitrogens with zero attached hydrogens (tertiary/aromatic N) is 1. The van der Waals surface area contributed by atoms with Crippen LogP contribution in [0.5, 0.6) is 0 Å². The molecule has 1 fully saturated rings. The fourth-order valence-electron chi connectivity index (χ4n) is 1.25. The third kappa shape index (κ3) is 1.80. The molecule has 3 nitrogen and oxygen atoms in total. The van der Waals surface area contributed by atoms with E-state index in [1.54, 1.807) is 0 Å². The normalized spacial score (nSPS) is 26.3. The summed E-state index contributed by atoms with van der Waals surface area (Å²) in [5.41, 5.74) is 0. The molecule has 1 aliphatic rings.